The van der Waals surface area contributed by atoms with Crippen LogP contribution in [-0.2, 0) is 11.3 Å². The van der Waals surface area contributed by atoms with Crippen molar-refractivity contribution < 1.29 is 14.3 Å². The van der Waals surface area contributed by atoms with Gasteiger partial charge in [-0.15, -0.1) is 0 Å². The number of amides is 1. The summed E-state index contributed by atoms with van der Waals surface area (Å²) in [6.45, 7) is 7.32. The maximum Gasteiger partial charge on any atom is 0.234 e. The molecule has 0 heterocycles. The number of nitrogens with one attached hydrogen (secondary N) is 1. The second-order valence-electron chi connectivity index (χ2n) is 6.12. The number of carbonyl (C=O) groups is 1. The normalized spacial score (nSPS) is 10.1. The molecule has 1 amide bonds. The smallest absolute Gasteiger partial charge is 0.234 e. The Balaban J connectivity index is 1.88. The molecule has 2 rings (SSSR count). The first-order chi connectivity index (χ1) is 12.5. The molecule has 0 atom stereocenters. The third-order valence-electron chi connectivity index (χ3n) is 4.05. The standard InChI is InChI=1S/C21H24N2O3/c1-15-12-16(2)17(3)20(13-15)26-11-10-25-19-7-5-4-6-18(19)14-23-21(24)8-9-22/h4-7,12-13H,8,10-11,14H2,1-3H3,(H,23,24). The predicted octanol–water partition coefficient (Wildman–Crippen LogP) is 3.60. The molecule has 26 heavy (non-hydrogen) atoms. The summed E-state index contributed by atoms with van der Waals surface area (Å²) in [5.41, 5.74) is 4.37. The minimum atomic E-state index is -0.295. The molecule has 0 aromatic heterocycles. The molecule has 0 saturated carbocycles. The fourth-order valence-corrected chi connectivity index (χ4v) is 2.57. The van der Waals surface area contributed by atoms with Gasteiger partial charge < -0.3 is 14.8 Å². The average molecular weight is 352 g/mol. The third kappa shape index (κ3) is 5.52. The van der Waals surface area contributed by atoms with Gasteiger partial charge in [-0.25, -0.2) is 0 Å². The van der Waals surface area contributed by atoms with E-state index in [9.17, 15) is 4.79 Å². The Morgan fingerprint density at radius 2 is 1.77 bits per heavy atom. The van der Waals surface area contributed by atoms with Crippen LogP contribution in [0.25, 0.3) is 0 Å². The highest BCUT2D eigenvalue weighted by molar-refractivity contribution is 5.78. The Hall–Kier alpha value is -3.00. The Bertz CT molecular complexity index is 809. The molecule has 0 aliphatic carbocycles. The van der Waals surface area contributed by atoms with Gasteiger partial charge in [-0.05, 0) is 49.6 Å². The SMILES string of the molecule is Cc1cc(C)c(C)c(OCCOc2ccccc2CNC(=O)CC#N)c1. The van der Waals surface area contributed by atoms with E-state index in [2.05, 4.69) is 18.3 Å². The van der Waals surface area contributed by atoms with Crippen LogP contribution < -0.4 is 14.8 Å². The number of rotatable bonds is 8. The highest BCUT2D eigenvalue weighted by atomic mass is 16.5. The van der Waals surface area contributed by atoms with Crippen molar-refractivity contribution in [1.82, 2.24) is 5.32 Å². The number of carbonyl (C=O) groups excluding carboxylic acids is 1. The van der Waals surface area contributed by atoms with Gasteiger partial charge in [-0.2, -0.15) is 5.26 Å². The third-order valence-corrected chi connectivity index (χ3v) is 4.05. The van der Waals surface area contributed by atoms with E-state index in [4.69, 9.17) is 14.7 Å². The topological polar surface area (TPSA) is 71.3 Å². The van der Waals surface area contributed by atoms with Gasteiger partial charge >= 0.3 is 0 Å². The van der Waals surface area contributed by atoms with E-state index in [0.29, 0.717) is 25.5 Å². The summed E-state index contributed by atoms with van der Waals surface area (Å²) in [5, 5.41) is 11.2. The number of benzene rings is 2. The molecule has 0 saturated heterocycles. The van der Waals surface area contributed by atoms with Crippen molar-refractivity contribution in [3.05, 3.63) is 58.7 Å². The molecular weight excluding hydrogens is 328 g/mol. The predicted molar refractivity (Wildman–Crippen MR) is 100 cm³/mol. The van der Waals surface area contributed by atoms with Crippen LogP contribution in [0.5, 0.6) is 11.5 Å². The van der Waals surface area contributed by atoms with Crippen LogP contribution in [0.2, 0.25) is 0 Å². The molecule has 0 aliphatic heterocycles. The van der Waals surface area contributed by atoms with Gasteiger partial charge in [-0.1, -0.05) is 24.3 Å². The van der Waals surface area contributed by atoms with Crippen molar-refractivity contribution in [1.29, 1.82) is 5.26 Å². The first-order valence-electron chi connectivity index (χ1n) is 8.56. The van der Waals surface area contributed by atoms with Crippen molar-refractivity contribution in [2.75, 3.05) is 13.2 Å². The van der Waals surface area contributed by atoms with Crippen molar-refractivity contribution in [2.24, 2.45) is 0 Å². The number of aryl methyl sites for hydroxylation is 2. The molecule has 0 aliphatic rings. The molecule has 0 spiro atoms. The lowest BCUT2D eigenvalue weighted by Gasteiger charge is -2.14. The Morgan fingerprint density at radius 3 is 2.50 bits per heavy atom. The lowest BCUT2D eigenvalue weighted by molar-refractivity contribution is -0.120. The molecule has 0 bridgehead atoms. The van der Waals surface area contributed by atoms with E-state index in [-0.39, 0.29) is 12.3 Å². The van der Waals surface area contributed by atoms with E-state index in [1.165, 1.54) is 11.1 Å². The number of hydrogen-bond donors (Lipinski definition) is 1. The van der Waals surface area contributed by atoms with E-state index in [1.807, 2.05) is 50.2 Å². The van der Waals surface area contributed by atoms with Gasteiger partial charge in [-0.3, -0.25) is 4.79 Å². The van der Waals surface area contributed by atoms with Crippen molar-refractivity contribution in [3.8, 4) is 17.6 Å². The number of hydrogen-bond acceptors (Lipinski definition) is 4. The molecule has 2 aromatic carbocycles. The van der Waals surface area contributed by atoms with Crippen molar-refractivity contribution >= 4 is 5.91 Å². The maximum absolute atomic E-state index is 11.4. The summed E-state index contributed by atoms with van der Waals surface area (Å²) in [7, 11) is 0. The molecule has 5 heteroatoms. The highest BCUT2D eigenvalue weighted by Gasteiger charge is 2.07. The molecule has 2 aromatic rings. The Morgan fingerprint density at radius 1 is 1.08 bits per heavy atom. The molecule has 0 unspecified atom stereocenters. The zero-order chi connectivity index (χ0) is 18.9. The van der Waals surface area contributed by atoms with Crippen LogP contribution in [-0.4, -0.2) is 19.1 Å². The van der Waals surface area contributed by atoms with E-state index in [0.717, 1.165) is 16.9 Å². The zero-order valence-electron chi connectivity index (χ0n) is 15.5. The molecule has 0 radical (unpaired) electrons. The van der Waals surface area contributed by atoms with Crippen LogP contribution in [0.1, 0.15) is 28.7 Å². The van der Waals surface area contributed by atoms with Gasteiger partial charge in [0.1, 0.15) is 31.1 Å². The number of para-hydroxylation sites is 1. The van der Waals surface area contributed by atoms with Gasteiger partial charge in [0.25, 0.3) is 0 Å². The van der Waals surface area contributed by atoms with Crippen molar-refractivity contribution in [3.63, 3.8) is 0 Å². The van der Waals surface area contributed by atoms with Gasteiger partial charge in [0.2, 0.25) is 5.91 Å². The zero-order valence-corrected chi connectivity index (χ0v) is 15.5. The number of ether oxygens (including phenoxy) is 2. The summed E-state index contributed by atoms with van der Waals surface area (Å²) in [6, 6.07) is 13.5. The fourth-order valence-electron chi connectivity index (χ4n) is 2.57. The number of nitrogens with zero attached hydrogens (tertiary/aromatic N) is 1. The quantitative estimate of drug-likeness (QED) is 0.737. The lowest BCUT2D eigenvalue weighted by atomic mass is 10.1. The maximum atomic E-state index is 11.4. The molecule has 1 N–H and O–H groups in total. The minimum Gasteiger partial charge on any atom is -0.490 e. The van der Waals surface area contributed by atoms with Gasteiger partial charge in [0.05, 0.1) is 6.07 Å². The summed E-state index contributed by atoms with van der Waals surface area (Å²) in [6.07, 6.45) is -0.147. The van der Waals surface area contributed by atoms with Crippen LogP contribution in [0.3, 0.4) is 0 Å². The Labute approximate surface area is 154 Å². The van der Waals surface area contributed by atoms with Crippen LogP contribution >= 0.6 is 0 Å². The molecule has 5 nitrogen and oxygen atoms in total. The van der Waals surface area contributed by atoms with Crippen LogP contribution in [0, 0.1) is 32.1 Å². The minimum absolute atomic E-state index is 0.147. The molecular formula is C21H24N2O3. The van der Waals surface area contributed by atoms with E-state index >= 15 is 0 Å². The summed E-state index contributed by atoms with van der Waals surface area (Å²) in [4.78, 5) is 11.4. The largest absolute Gasteiger partial charge is 0.490 e. The second-order valence-corrected chi connectivity index (χ2v) is 6.12. The van der Waals surface area contributed by atoms with Gasteiger partial charge in [0, 0.05) is 12.1 Å². The lowest BCUT2D eigenvalue weighted by Crippen LogP contribution is -2.22. The molecule has 0 fully saturated rings. The van der Waals surface area contributed by atoms with Crippen LogP contribution in [0.4, 0.5) is 0 Å². The fraction of sp³-hybridized carbons (Fsp3) is 0.333. The monoisotopic (exact) mass is 352 g/mol. The highest BCUT2D eigenvalue weighted by Crippen LogP contribution is 2.23. The molecule has 136 valence electrons. The van der Waals surface area contributed by atoms with Gasteiger partial charge in [0.15, 0.2) is 0 Å². The number of nitriles is 1. The van der Waals surface area contributed by atoms with E-state index in [1.54, 1.807) is 0 Å². The summed E-state index contributed by atoms with van der Waals surface area (Å²) >= 11 is 0. The Kier molecular flexibility index (Phi) is 7.04. The first-order valence-corrected chi connectivity index (χ1v) is 8.56. The average Bonchev–Trinajstić information content (AvgIpc) is 2.61. The van der Waals surface area contributed by atoms with Crippen molar-refractivity contribution in [2.45, 2.75) is 33.7 Å². The first kappa shape index (κ1) is 19.3. The second kappa shape index (κ2) is 9.47. The summed E-state index contributed by atoms with van der Waals surface area (Å²) in [5.74, 6) is 1.28. The van der Waals surface area contributed by atoms with Crippen LogP contribution in [0.15, 0.2) is 36.4 Å². The van der Waals surface area contributed by atoms with E-state index < -0.39 is 0 Å². The summed E-state index contributed by atoms with van der Waals surface area (Å²) < 4.78 is 11.7.